The maximum atomic E-state index is 10.5. The zero-order valence-corrected chi connectivity index (χ0v) is 22.9. The largest absolute Gasteiger partial charge is 0.478 e. The number of carboxylic acid groups (broad SMARTS) is 2. The molecule has 0 heterocycles. The minimum atomic E-state index is -0.865. The highest BCUT2D eigenvalue weighted by Gasteiger charge is 2.19. The molecule has 202 valence electrons. The molecule has 0 aromatic heterocycles. The zero-order valence-electron chi connectivity index (χ0n) is 22.9. The number of aromatic carboxylic acids is 2. The van der Waals surface area contributed by atoms with Crippen molar-refractivity contribution >= 4 is 11.9 Å². The number of aliphatic hydroxyl groups is 2. The highest BCUT2D eigenvalue weighted by Crippen LogP contribution is 2.15. The Labute approximate surface area is 217 Å². The zero-order chi connectivity index (χ0) is 27.8. The Bertz CT molecular complexity index is 806. The lowest BCUT2D eigenvalue weighted by Crippen LogP contribution is -2.28. The monoisotopic (exact) mass is 502 g/mol. The number of carbonyl (C=O) groups is 2. The fourth-order valence-corrected chi connectivity index (χ4v) is 3.75. The van der Waals surface area contributed by atoms with Crippen molar-refractivity contribution in [1.29, 1.82) is 0 Å². The maximum absolute atomic E-state index is 10.5. The van der Waals surface area contributed by atoms with Gasteiger partial charge in [0, 0.05) is 5.92 Å². The Balaban J connectivity index is 0.000000517. The van der Waals surface area contributed by atoms with Gasteiger partial charge in [0.2, 0.25) is 0 Å². The predicted octanol–water partition coefficient (Wildman–Crippen LogP) is 6.33. The summed E-state index contributed by atoms with van der Waals surface area (Å²) in [5, 5.41) is 35.8. The fraction of sp³-hybridized carbons (Fsp3) is 0.533. The molecule has 0 spiro atoms. The van der Waals surface area contributed by atoms with E-state index >= 15 is 0 Å². The molecule has 0 saturated carbocycles. The second-order valence-corrected chi connectivity index (χ2v) is 9.99. The van der Waals surface area contributed by atoms with E-state index in [4.69, 9.17) is 15.3 Å². The summed E-state index contributed by atoms with van der Waals surface area (Å²) in [5.41, 5.74) is 3.10. The second-order valence-electron chi connectivity index (χ2n) is 9.99. The summed E-state index contributed by atoms with van der Waals surface area (Å²) in [6, 6.07) is 14.1. The first kappa shape index (κ1) is 33.3. The van der Waals surface area contributed by atoms with Crippen LogP contribution in [-0.4, -0.2) is 44.6 Å². The minimum absolute atomic E-state index is 0.0463. The quantitative estimate of drug-likeness (QED) is 0.302. The fourth-order valence-electron chi connectivity index (χ4n) is 3.75. The minimum Gasteiger partial charge on any atom is -0.478 e. The summed E-state index contributed by atoms with van der Waals surface area (Å²) in [6.45, 7) is 14.2. The van der Waals surface area contributed by atoms with Gasteiger partial charge in [-0.25, -0.2) is 9.59 Å². The number of aliphatic hydroxyl groups excluding tert-OH is 2. The van der Waals surface area contributed by atoms with Gasteiger partial charge in [0.15, 0.2) is 0 Å². The molecule has 0 aliphatic heterocycles. The first-order valence-electron chi connectivity index (χ1n) is 12.8. The van der Waals surface area contributed by atoms with E-state index in [-0.39, 0.29) is 18.1 Å². The van der Waals surface area contributed by atoms with Crippen LogP contribution in [0.15, 0.2) is 48.5 Å². The van der Waals surface area contributed by atoms with Gasteiger partial charge >= 0.3 is 11.9 Å². The number of carboxylic acids is 2. The van der Waals surface area contributed by atoms with E-state index in [9.17, 15) is 14.7 Å². The number of rotatable bonds is 10. The first-order chi connectivity index (χ1) is 16.8. The molecule has 0 radical (unpaired) electrons. The van der Waals surface area contributed by atoms with Crippen LogP contribution in [0.2, 0.25) is 0 Å². The third-order valence-corrected chi connectivity index (χ3v) is 5.69. The third kappa shape index (κ3) is 14.0. The summed E-state index contributed by atoms with van der Waals surface area (Å²) in [6.07, 6.45) is 2.83. The van der Waals surface area contributed by atoms with Gasteiger partial charge < -0.3 is 20.4 Å². The van der Waals surface area contributed by atoms with Crippen LogP contribution in [0, 0.1) is 17.8 Å². The van der Waals surface area contributed by atoms with E-state index in [2.05, 4.69) is 27.7 Å². The Morgan fingerprint density at radius 3 is 1.14 bits per heavy atom. The van der Waals surface area contributed by atoms with Gasteiger partial charge in [-0.15, -0.1) is 0 Å². The van der Waals surface area contributed by atoms with E-state index in [0.717, 1.165) is 25.7 Å². The molecule has 6 heteroatoms. The Kier molecular flexibility index (Phi) is 16.4. The highest BCUT2D eigenvalue weighted by atomic mass is 16.4. The van der Waals surface area contributed by atoms with E-state index < -0.39 is 11.9 Å². The summed E-state index contributed by atoms with van der Waals surface area (Å²) in [4.78, 5) is 21.1. The average molecular weight is 503 g/mol. The molecule has 0 aliphatic rings. The molecule has 0 saturated heterocycles. The molecule has 3 atom stereocenters. The van der Waals surface area contributed by atoms with Crippen molar-refractivity contribution in [3.8, 4) is 0 Å². The van der Waals surface area contributed by atoms with Crippen molar-refractivity contribution in [2.24, 2.45) is 17.8 Å². The molecule has 4 N–H and O–H groups in total. The van der Waals surface area contributed by atoms with E-state index in [1.807, 2.05) is 38.1 Å². The summed E-state index contributed by atoms with van der Waals surface area (Å²) in [5.74, 6) is -0.469. The average Bonchev–Trinajstić information content (AvgIpc) is 2.80. The first-order valence-corrected chi connectivity index (χ1v) is 12.8. The van der Waals surface area contributed by atoms with Crippen LogP contribution in [0.4, 0.5) is 0 Å². The molecule has 0 amide bonds. The van der Waals surface area contributed by atoms with Gasteiger partial charge in [0.1, 0.15) is 0 Å². The van der Waals surface area contributed by atoms with Crippen LogP contribution < -0.4 is 0 Å². The Hall–Kier alpha value is -2.70. The molecule has 36 heavy (non-hydrogen) atoms. The van der Waals surface area contributed by atoms with Gasteiger partial charge in [-0.1, -0.05) is 65.8 Å². The molecule has 6 nitrogen and oxygen atoms in total. The maximum Gasteiger partial charge on any atom is 0.335 e. The van der Waals surface area contributed by atoms with E-state index in [1.165, 1.54) is 11.1 Å². The SMILES string of the molecule is CC(C)Cc1ccc(C(=O)O)cc1.CC(C)Cc1ccc(C(=O)O)cc1.CCC(O)C(CC)C(C)O. The van der Waals surface area contributed by atoms with Crippen molar-refractivity contribution in [1.82, 2.24) is 0 Å². The van der Waals surface area contributed by atoms with Crippen molar-refractivity contribution < 1.29 is 30.0 Å². The normalized spacial score (nSPS) is 13.1. The van der Waals surface area contributed by atoms with Crippen molar-refractivity contribution in [3.05, 3.63) is 70.8 Å². The Morgan fingerprint density at radius 1 is 0.639 bits per heavy atom. The van der Waals surface area contributed by atoms with Crippen LogP contribution in [0.3, 0.4) is 0 Å². The lowest BCUT2D eigenvalue weighted by molar-refractivity contribution is 0.0180. The molecule has 0 bridgehead atoms. The third-order valence-electron chi connectivity index (χ3n) is 5.69. The van der Waals surface area contributed by atoms with Crippen LogP contribution in [0.5, 0.6) is 0 Å². The molecular formula is C30H46O6. The molecule has 2 rings (SSSR count). The van der Waals surface area contributed by atoms with Gasteiger partial charge in [0.05, 0.1) is 23.3 Å². The van der Waals surface area contributed by atoms with Crippen molar-refractivity contribution in [3.63, 3.8) is 0 Å². The molecule has 3 unspecified atom stereocenters. The number of hydrogen-bond donors (Lipinski definition) is 4. The Morgan fingerprint density at radius 2 is 0.972 bits per heavy atom. The number of hydrogen-bond acceptors (Lipinski definition) is 4. The molecule has 2 aromatic rings. The molecule has 0 fully saturated rings. The molecule has 2 aromatic carbocycles. The van der Waals surface area contributed by atoms with Crippen molar-refractivity contribution in [2.75, 3.05) is 0 Å². The van der Waals surface area contributed by atoms with Gasteiger partial charge in [0.25, 0.3) is 0 Å². The van der Waals surface area contributed by atoms with Gasteiger partial charge in [-0.05, 0) is 79.8 Å². The predicted molar refractivity (Wildman–Crippen MR) is 146 cm³/mol. The lowest BCUT2D eigenvalue weighted by Gasteiger charge is -2.22. The topological polar surface area (TPSA) is 115 Å². The molecule has 0 aliphatic carbocycles. The van der Waals surface area contributed by atoms with Gasteiger partial charge in [-0.3, -0.25) is 0 Å². The second kappa shape index (κ2) is 17.7. The van der Waals surface area contributed by atoms with Crippen LogP contribution in [0.25, 0.3) is 0 Å². The van der Waals surface area contributed by atoms with E-state index in [1.54, 1.807) is 31.2 Å². The highest BCUT2D eigenvalue weighted by molar-refractivity contribution is 5.87. The van der Waals surface area contributed by atoms with Crippen molar-refractivity contribution in [2.45, 2.75) is 86.4 Å². The standard InChI is InChI=1S/2C11H14O2.C8H18O2/c2*1-8(2)7-9-3-5-10(6-4-9)11(12)13;1-4-7(6(3)9)8(10)5-2/h2*3-6,8H,7H2,1-2H3,(H,12,13);6-10H,4-5H2,1-3H3. The van der Waals surface area contributed by atoms with Crippen LogP contribution >= 0.6 is 0 Å². The molecular weight excluding hydrogens is 456 g/mol. The van der Waals surface area contributed by atoms with Gasteiger partial charge in [-0.2, -0.15) is 0 Å². The van der Waals surface area contributed by atoms with E-state index in [0.29, 0.717) is 23.0 Å². The summed E-state index contributed by atoms with van der Waals surface area (Å²) >= 11 is 0. The van der Waals surface area contributed by atoms with Crippen LogP contribution in [-0.2, 0) is 12.8 Å². The smallest absolute Gasteiger partial charge is 0.335 e. The summed E-state index contributed by atoms with van der Waals surface area (Å²) < 4.78 is 0. The summed E-state index contributed by atoms with van der Waals surface area (Å²) in [7, 11) is 0. The lowest BCUT2D eigenvalue weighted by atomic mass is 9.93. The number of benzene rings is 2. The van der Waals surface area contributed by atoms with Crippen LogP contribution in [0.1, 0.15) is 93.2 Å².